The van der Waals surface area contributed by atoms with Gasteiger partial charge in [0.1, 0.15) is 35.4 Å². The van der Waals surface area contributed by atoms with Crippen LogP contribution in [0.25, 0.3) is 22.3 Å². The fourth-order valence-corrected chi connectivity index (χ4v) is 3.09. The van der Waals surface area contributed by atoms with Gasteiger partial charge in [0, 0.05) is 21.6 Å². The summed E-state index contributed by atoms with van der Waals surface area (Å²) in [7, 11) is 0. The lowest BCUT2D eigenvalue weighted by atomic mass is 10.1. The molecule has 0 amide bonds. The Kier molecular flexibility index (Phi) is 5.81. The Balaban J connectivity index is 0.000000171. The number of carbonyl (C=O) groups excluding carboxylic acids is 1. The van der Waals surface area contributed by atoms with Gasteiger partial charge in [-0.05, 0) is 11.1 Å². The normalized spacial score (nSPS) is 9.93. The minimum absolute atomic E-state index is 0.00187. The molecule has 1 aliphatic carbocycles. The lowest BCUT2D eigenvalue weighted by molar-refractivity contribution is 0.104. The third kappa shape index (κ3) is 3.69. The molecular weight excluding hydrogens is 372 g/mol. The molecule has 1 aliphatic rings. The maximum Gasteiger partial charge on any atom is 0.194 e. The number of nitriles is 4. The molecule has 0 radical (unpaired) electrons. The van der Waals surface area contributed by atoms with Gasteiger partial charge >= 0.3 is 0 Å². The van der Waals surface area contributed by atoms with Crippen molar-refractivity contribution in [3.8, 4) is 35.4 Å². The van der Waals surface area contributed by atoms with E-state index in [0.29, 0.717) is 10.4 Å². The second kappa shape index (κ2) is 8.81. The van der Waals surface area contributed by atoms with Crippen LogP contribution in [0.3, 0.4) is 0 Å². The summed E-state index contributed by atoms with van der Waals surface area (Å²) >= 11 is 0. The highest BCUT2D eigenvalue weighted by Gasteiger charge is 2.24. The minimum atomic E-state index is 0.00187. The fourth-order valence-electron chi connectivity index (χ4n) is 3.09. The summed E-state index contributed by atoms with van der Waals surface area (Å²) in [5.74, 6) is 0.149. The number of rotatable bonds is 0. The zero-order valence-corrected chi connectivity index (χ0v) is 15.6. The van der Waals surface area contributed by atoms with Gasteiger partial charge in [-0.3, -0.25) is 4.79 Å². The van der Waals surface area contributed by atoms with E-state index in [0.717, 1.165) is 22.3 Å². The molecule has 0 saturated heterocycles. The van der Waals surface area contributed by atoms with Gasteiger partial charge < -0.3 is 0 Å². The Bertz CT molecular complexity index is 1290. The van der Waals surface area contributed by atoms with Crippen LogP contribution in [0.4, 0.5) is 0 Å². The number of carbonyl (C=O) groups is 1. The van der Waals surface area contributed by atoms with Crippen LogP contribution in [0, 0.1) is 45.3 Å². The van der Waals surface area contributed by atoms with Crippen molar-refractivity contribution < 1.29 is 4.79 Å². The van der Waals surface area contributed by atoms with E-state index in [9.17, 15) is 4.79 Å². The molecule has 4 rings (SSSR count). The van der Waals surface area contributed by atoms with E-state index in [1.165, 1.54) is 24.3 Å². The maximum atomic E-state index is 11.9. The van der Waals surface area contributed by atoms with Gasteiger partial charge in [0.15, 0.2) is 5.78 Å². The lowest BCUT2D eigenvalue weighted by Gasteiger charge is -1.96. The average Bonchev–Trinajstić information content (AvgIpc) is 3.10. The SMILES string of the molecule is N#CC(C#N)=c1ccc(=C(C#N)C#N)cc1.O=C1c2ccccc2-c2ccccc21. The Morgan fingerprint density at radius 1 is 0.500 bits per heavy atom. The zero-order chi connectivity index (χ0) is 21.5. The second-order valence-electron chi connectivity index (χ2n) is 6.19. The summed E-state index contributed by atoms with van der Waals surface area (Å²) in [6.07, 6.45) is 0. The second-order valence-corrected chi connectivity index (χ2v) is 6.19. The molecule has 5 heteroatoms. The summed E-state index contributed by atoms with van der Waals surface area (Å²) in [6.45, 7) is 0. The molecule has 30 heavy (non-hydrogen) atoms. The van der Waals surface area contributed by atoms with Gasteiger partial charge in [-0.25, -0.2) is 0 Å². The average molecular weight is 384 g/mol. The molecular formula is C25H12N4O. The molecule has 0 spiro atoms. The van der Waals surface area contributed by atoms with Gasteiger partial charge in [-0.1, -0.05) is 72.8 Å². The summed E-state index contributed by atoms with van der Waals surface area (Å²) in [5, 5.41) is 35.5. The maximum absolute atomic E-state index is 11.9. The molecule has 5 nitrogen and oxygen atoms in total. The van der Waals surface area contributed by atoms with E-state index in [-0.39, 0.29) is 16.9 Å². The van der Waals surface area contributed by atoms with Gasteiger partial charge in [0.25, 0.3) is 0 Å². The zero-order valence-electron chi connectivity index (χ0n) is 15.6. The third-order valence-corrected chi connectivity index (χ3v) is 4.54. The first-order chi connectivity index (χ1) is 14.6. The highest BCUT2D eigenvalue weighted by Crippen LogP contribution is 2.35. The predicted octanol–water partition coefficient (Wildman–Crippen LogP) is 2.98. The number of hydrogen-bond acceptors (Lipinski definition) is 5. The van der Waals surface area contributed by atoms with Crippen molar-refractivity contribution in [1.82, 2.24) is 0 Å². The minimum Gasteiger partial charge on any atom is -0.289 e. The molecule has 3 aromatic rings. The summed E-state index contributed by atoms with van der Waals surface area (Å²) in [5.41, 5.74) is 3.78. The number of benzene rings is 3. The van der Waals surface area contributed by atoms with Crippen LogP contribution in [0.2, 0.25) is 0 Å². The monoisotopic (exact) mass is 384 g/mol. The first-order valence-electron chi connectivity index (χ1n) is 8.82. The van der Waals surface area contributed by atoms with Crippen molar-refractivity contribution in [2.45, 2.75) is 0 Å². The van der Waals surface area contributed by atoms with Crippen LogP contribution in [0.15, 0.2) is 72.8 Å². The summed E-state index contributed by atoms with van der Waals surface area (Å²) < 4.78 is 0. The van der Waals surface area contributed by atoms with Gasteiger partial charge in [-0.2, -0.15) is 21.0 Å². The Labute approximate surface area is 172 Å². The molecule has 3 aromatic carbocycles. The van der Waals surface area contributed by atoms with E-state index >= 15 is 0 Å². The van der Waals surface area contributed by atoms with Gasteiger partial charge in [0.05, 0.1) is 0 Å². The molecule has 0 aromatic heterocycles. The van der Waals surface area contributed by atoms with Gasteiger partial charge in [-0.15, -0.1) is 0 Å². The van der Waals surface area contributed by atoms with Crippen LogP contribution >= 0.6 is 0 Å². The third-order valence-electron chi connectivity index (χ3n) is 4.54. The van der Waals surface area contributed by atoms with Gasteiger partial charge in [0.2, 0.25) is 0 Å². The van der Waals surface area contributed by atoms with Crippen LogP contribution in [0.1, 0.15) is 15.9 Å². The van der Waals surface area contributed by atoms with Crippen molar-refractivity contribution in [2.75, 3.05) is 0 Å². The van der Waals surface area contributed by atoms with Crippen LogP contribution in [0.5, 0.6) is 0 Å². The smallest absolute Gasteiger partial charge is 0.194 e. The Hall–Kier alpha value is -4.97. The Morgan fingerprint density at radius 3 is 1.10 bits per heavy atom. The Morgan fingerprint density at radius 2 is 0.800 bits per heavy atom. The lowest BCUT2D eigenvalue weighted by Crippen LogP contribution is -2.11. The highest BCUT2D eigenvalue weighted by molar-refractivity contribution is 6.21. The largest absolute Gasteiger partial charge is 0.289 e. The topological polar surface area (TPSA) is 112 Å². The van der Waals surface area contributed by atoms with E-state index in [2.05, 4.69) is 0 Å². The van der Waals surface area contributed by atoms with Crippen LogP contribution < -0.4 is 10.4 Å². The number of ketones is 1. The van der Waals surface area contributed by atoms with Crippen LogP contribution in [-0.4, -0.2) is 5.78 Å². The number of fused-ring (bicyclic) bond motifs is 3. The number of hydrogen-bond donors (Lipinski definition) is 0. The van der Waals surface area contributed by atoms with Crippen molar-refractivity contribution in [1.29, 1.82) is 21.0 Å². The summed E-state index contributed by atoms with van der Waals surface area (Å²) in [4.78, 5) is 11.9. The molecule has 0 N–H and O–H groups in total. The first-order valence-corrected chi connectivity index (χ1v) is 8.82. The molecule has 0 bridgehead atoms. The first kappa shape index (κ1) is 19.8. The highest BCUT2D eigenvalue weighted by atomic mass is 16.1. The molecule has 0 fully saturated rings. The van der Waals surface area contributed by atoms with Crippen molar-refractivity contribution >= 4 is 16.9 Å². The van der Waals surface area contributed by atoms with Crippen molar-refractivity contribution in [2.24, 2.45) is 0 Å². The molecule has 0 unspecified atom stereocenters. The molecule has 138 valence electrons. The quantitative estimate of drug-likeness (QED) is 0.462. The van der Waals surface area contributed by atoms with E-state index < -0.39 is 0 Å². The standard InChI is InChI=1S/C13H8O.C12H4N4/c14-13-11-7-3-1-5-9(11)10-6-2-4-8-12(10)13;13-5-11(6-14)9-1-2-10(4-3-9)12(7-15)8-16/h1-8H;1-4H. The molecule has 0 heterocycles. The molecule has 0 atom stereocenters. The predicted molar refractivity (Wildman–Crippen MR) is 110 cm³/mol. The summed E-state index contributed by atoms with van der Waals surface area (Å²) in [6, 6.07) is 28.7. The van der Waals surface area contributed by atoms with E-state index in [1.807, 2.05) is 48.5 Å². The molecule has 0 saturated carbocycles. The fraction of sp³-hybridized carbons (Fsp3) is 0. The molecule has 0 aliphatic heterocycles. The van der Waals surface area contributed by atoms with Crippen molar-refractivity contribution in [3.05, 3.63) is 94.4 Å². The van der Waals surface area contributed by atoms with E-state index in [1.54, 1.807) is 24.3 Å². The number of nitrogens with zero attached hydrogens (tertiary/aromatic N) is 4. The van der Waals surface area contributed by atoms with Crippen LogP contribution in [-0.2, 0) is 0 Å². The van der Waals surface area contributed by atoms with E-state index in [4.69, 9.17) is 21.0 Å². The van der Waals surface area contributed by atoms with Crippen molar-refractivity contribution in [3.63, 3.8) is 0 Å².